The van der Waals surface area contributed by atoms with Crippen molar-refractivity contribution < 1.29 is 14.3 Å². The van der Waals surface area contributed by atoms with Gasteiger partial charge in [0.15, 0.2) is 5.13 Å². The SMILES string of the molecule is CCOC(=O)c1sc(N2CCN(CC3=CC(C)CC=C3)C2=O)nc1C. The zero-order chi connectivity index (χ0) is 18.0. The molecule has 0 bridgehead atoms. The number of anilines is 1. The fourth-order valence-electron chi connectivity index (χ4n) is 3.04. The molecule has 1 aliphatic heterocycles. The molecule has 1 fully saturated rings. The second kappa shape index (κ2) is 7.39. The average Bonchev–Trinajstić information content (AvgIpc) is 3.11. The molecule has 1 aliphatic carbocycles. The second-order valence-electron chi connectivity index (χ2n) is 6.34. The number of nitrogens with zero attached hydrogens (tertiary/aromatic N) is 3. The number of aromatic nitrogens is 1. The Kier molecular flexibility index (Phi) is 5.22. The van der Waals surface area contributed by atoms with E-state index in [1.54, 1.807) is 18.7 Å². The maximum atomic E-state index is 12.7. The Balaban J connectivity index is 1.71. The minimum absolute atomic E-state index is 0.0586. The molecule has 0 aromatic carbocycles. The van der Waals surface area contributed by atoms with Crippen molar-refractivity contribution in [2.75, 3.05) is 31.1 Å². The third-order valence-corrected chi connectivity index (χ3v) is 5.44. The molecule has 7 heteroatoms. The zero-order valence-corrected chi connectivity index (χ0v) is 15.6. The summed E-state index contributed by atoms with van der Waals surface area (Å²) in [6.45, 7) is 7.90. The highest BCUT2D eigenvalue weighted by atomic mass is 32.1. The molecular formula is C18H23N3O3S. The van der Waals surface area contributed by atoms with Gasteiger partial charge in [0.1, 0.15) is 4.88 Å². The van der Waals surface area contributed by atoms with Crippen molar-refractivity contribution in [2.45, 2.75) is 27.2 Å². The molecular weight excluding hydrogens is 338 g/mol. The van der Waals surface area contributed by atoms with Crippen LogP contribution in [-0.2, 0) is 4.74 Å². The topological polar surface area (TPSA) is 62.7 Å². The Morgan fingerprint density at radius 2 is 2.24 bits per heavy atom. The molecule has 1 aromatic rings. The minimum Gasteiger partial charge on any atom is -0.462 e. The highest BCUT2D eigenvalue weighted by Crippen LogP contribution is 2.30. The van der Waals surface area contributed by atoms with Crippen LogP contribution in [0.4, 0.5) is 9.93 Å². The van der Waals surface area contributed by atoms with Gasteiger partial charge in [0, 0.05) is 19.6 Å². The van der Waals surface area contributed by atoms with Crippen LogP contribution in [0.25, 0.3) is 0 Å². The fraction of sp³-hybridized carbons (Fsp3) is 0.500. The molecule has 2 amide bonds. The van der Waals surface area contributed by atoms with Gasteiger partial charge in [-0.05, 0) is 31.8 Å². The minimum atomic E-state index is -0.376. The number of allylic oxidation sites excluding steroid dienone is 2. The van der Waals surface area contributed by atoms with Gasteiger partial charge in [-0.2, -0.15) is 0 Å². The van der Waals surface area contributed by atoms with E-state index in [9.17, 15) is 9.59 Å². The van der Waals surface area contributed by atoms with E-state index in [-0.39, 0.29) is 12.0 Å². The molecule has 0 spiro atoms. The smallest absolute Gasteiger partial charge is 0.350 e. The van der Waals surface area contributed by atoms with Crippen LogP contribution in [0.3, 0.4) is 0 Å². The third-order valence-electron chi connectivity index (χ3n) is 4.28. The van der Waals surface area contributed by atoms with Crippen LogP contribution in [0.5, 0.6) is 0 Å². The van der Waals surface area contributed by atoms with Gasteiger partial charge in [0.25, 0.3) is 0 Å². The predicted octanol–water partition coefficient (Wildman–Crippen LogP) is 3.39. The Bertz CT molecular complexity index is 738. The van der Waals surface area contributed by atoms with Crippen molar-refractivity contribution in [3.8, 4) is 0 Å². The van der Waals surface area contributed by atoms with Crippen LogP contribution in [0.2, 0.25) is 0 Å². The van der Waals surface area contributed by atoms with Crippen LogP contribution in [0, 0.1) is 12.8 Å². The second-order valence-corrected chi connectivity index (χ2v) is 7.32. The monoisotopic (exact) mass is 361 g/mol. The van der Waals surface area contributed by atoms with Crippen molar-refractivity contribution in [2.24, 2.45) is 5.92 Å². The number of thiazole rings is 1. The van der Waals surface area contributed by atoms with Gasteiger partial charge in [-0.15, -0.1) is 0 Å². The molecule has 134 valence electrons. The van der Waals surface area contributed by atoms with E-state index in [1.807, 2.05) is 4.90 Å². The highest BCUT2D eigenvalue weighted by Gasteiger charge is 2.33. The molecule has 1 aromatic heterocycles. The number of esters is 1. The molecule has 1 unspecified atom stereocenters. The largest absolute Gasteiger partial charge is 0.462 e. The van der Waals surface area contributed by atoms with E-state index in [2.05, 4.69) is 30.1 Å². The van der Waals surface area contributed by atoms with E-state index >= 15 is 0 Å². The zero-order valence-electron chi connectivity index (χ0n) is 14.8. The number of carbonyl (C=O) groups is 2. The number of hydrogen-bond acceptors (Lipinski definition) is 5. The molecule has 25 heavy (non-hydrogen) atoms. The van der Waals surface area contributed by atoms with Crippen LogP contribution in [0.1, 0.15) is 35.6 Å². The summed E-state index contributed by atoms with van der Waals surface area (Å²) in [5, 5.41) is 0.564. The fourth-order valence-corrected chi connectivity index (χ4v) is 4.02. The molecule has 0 radical (unpaired) electrons. The molecule has 2 heterocycles. The molecule has 1 atom stereocenters. The number of aryl methyl sites for hydroxylation is 1. The lowest BCUT2D eigenvalue weighted by atomic mass is 9.98. The summed E-state index contributed by atoms with van der Waals surface area (Å²) in [5.41, 5.74) is 1.79. The van der Waals surface area contributed by atoms with Crippen molar-refractivity contribution in [3.63, 3.8) is 0 Å². The lowest BCUT2D eigenvalue weighted by Gasteiger charge is -2.20. The number of hydrogen-bond donors (Lipinski definition) is 0. The summed E-state index contributed by atoms with van der Waals surface area (Å²) in [6, 6.07) is -0.0586. The van der Waals surface area contributed by atoms with Crippen molar-refractivity contribution in [1.29, 1.82) is 0 Å². The molecule has 3 rings (SSSR count). The van der Waals surface area contributed by atoms with Gasteiger partial charge in [0.05, 0.1) is 12.3 Å². The Labute approximate surface area is 151 Å². The van der Waals surface area contributed by atoms with Crippen molar-refractivity contribution >= 4 is 28.5 Å². The maximum absolute atomic E-state index is 12.7. The lowest BCUT2D eigenvalue weighted by molar-refractivity contribution is 0.0531. The van der Waals surface area contributed by atoms with Crippen molar-refractivity contribution in [3.05, 3.63) is 34.4 Å². The summed E-state index contributed by atoms with van der Waals surface area (Å²) >= 11 is 1.22. The number of rotatable bonds is 5. The summed E-state index contributed by atoms with van der Waals surface area (Å²) in [6.07, 6.45) is 7.54. The molecule has 6 nitrogen and oxygen atoms in total. The van der Waals surface area contributed by atoms with Gasteiger partial charge in [-0.25, -0.2) is 14.6 Å². The lowest BCUT2D eigenvalue weighted by Crippen LogP contribution is -2.33. The average molecular weight is 361 g/mol. The number of carbonyl (C=O) groups excluding carboxylic acids is 2. The molecule has 0 saturated carbocycles. The first kappa shape index (κ1) is 17.7. The summed E-state index contributed by atoms with van der Waals surface area (Å²) in [7, 11) is 0. The van der Waals surface area contributed by atoms with E-state index in [0.29, 0.717) is 47.9 Å². The van der Waals surface area contributed by atoms with E-state index < -0.39 is 0 Å². The Morgan fingerprint density at radius 3 is 2.96 bits per heavy atom. The van der Waals surface area contributed by atoms with E-state index in [1.165, 1.54) is 16.9 Å². The van der Waals surface area contributed by atoms with Gasteiger partial charge >= 0.3 is 12.0 Å². The quantitative estimate of drug-likeness (QED) is 0.754. The van der Waals surface area contributed by atoms with Gasteiger partial charge in [-0.3, -0.25) is 4.90 Å². The maximum Gasteiger partial charge on any atom is 0.350 e. The van der Waals surface area contributed by atoms with Gasteiger partial charge in [-0.1, -0.05) is 36.5 Å². The normalized spacial score (nSPS) is 20.2. The molecule has 2 aliphatic rings. The van der Waals surface area contributed by atoms with Crippen LogP contribution >= 0.6 is 11.3 Å². The Morgan fingerprint density at radius 1 is 1.44 bits per heavy atom. The predicted molar refractivity (Wildman–Crippen MR) is 98.1 cm³/mol. The van der Waals surface area contributed by atoms with Gasteiger partial charge < -0.3 is 9.64 Å². The van der Waals surface area contributed by atoms with Crippen LogP contribution in [-0.4, -0.2) is 48.1 Å². The van der Waals surface area contributed by atoms with Gasteiger partial charge in [0.2, 0.25) is 0 Å². The first-order valence-corrected chi connectivity index (χ1v) is 9.39. The third kappa shape index (κ3) is 3.76. The molecule has 1 saturated heterocycles. The number of ether oxygens (including phenoxy) is 1. The van der Waals surface area contributed by atoms with Crippen LogP contribution < -0.4 is 4.90 Å². The Hall–Kier alpha value is -2.15. The first-order valence-electron chi connectivity index (χ1n) is 8.57. The summed E-state index contributed by atoms with van der Waals surface area (Å²) in [5.74, 6) is 0.140. The number of amides is 2. The molecule has 0 N–H and O–H groups in total. The van der Waals surface area contributed by atoms with Crippen LogP contribution in [0.15, 0.2) is 23.8 Å². The number of urea groups is 1. The first-order chi connectivity index (χ1) is 12.0. The highest BCUT2D eigenvalue weighted by molar-refractivity contribution is 7.17. The summed E-state index contributed by atoms with van der Waals surface area (Å²) < 4.78 is 5.05. The summed E-state index contributed by atoms with van der Waals surface area (Å²) in [4.78, 5) is 33.0. The van der Waals surface area contributed by atoms with E-state index in [4.69, 9.17) is 4.74 Å². The van der Waals surface area contributed by atoms with E-state index in [0.717, 1.165) is 6.42 Å². The standard InChI is InChI=1S/C18H23N3O3S/c1-4-24-16(22)15-13(3)19-17(25-15)21-9-8-20(18(21)23)11-14-7-5-6-12(2)10-14/h5,7,10,12H,4,6,8-9,11H2,1-3H3. The van der Waals surface area contributed by atoms with Crippen molar-refractivity contribution in [1.82, 2.24) is 9.88 Å².